The molecule has 1 saturated carbocycles. The minimum absolute atomic E-state index is 0.0828. The molecule has 1 fully saturated rings. The number of hydrogen-bond acceptors (Lipinski definition) is 5. The van der Waals surface area contributed by atoms with Gasteiger partial charge in [-0.2, -0.15) is 27.1 Å². The summed E-state index contributed by atoms with van der Waals surface area (Å²) in [5, 5.41) is 4.23. The summed E-state index contributed by atoms with van der Waals surface area (Å²) in [6.07, 6.45) is 0.982. The van der Waals surface area contributed by atoms with E-state index in [0.717, 1.165) is 48.4 Å². The molecule has 1 aromatic carbocycles. The van der Waals surface area contributed by atoms with Crippen LogP contribution in [0, 0.1) is 12.7 Å². The van der Waals surface area contributed by atoms with Crippen LogP contribution < -0.4 is 10.3 Å². The molecule has 0 atom stereocenters. The summed E-state index contributed by atoms with van der Waals surface area (Å²) in [6, 6.07) is 14.3. The van der Waals surface area contributed by atoms with E-state index in [-0.39, 0.29) is 34.7 Å². The fourth-order valence-corrected chi connectivity index (χ4v) is 4.78. The van der Waals surface area contributed by atoms with Crippen LogP contribution in [0.5, 0.6) is 5.88 Å². The Bertz CT molecular complexity index is 1530. The second kappa shape index (κ2) is 13.6. The Labute approximate surface area is 238 Å². The van der Waals surface area contributed by atoms with Gasteiger partial charge in [-0.1, -0.05) is 37.5 Å². The first-order valence-electron chi connectivity index (χ1n) is 13.3. The van der Waals surface area contributed by atoms with Crippen LogP contribution in [0.25, 0.3) is 11.4 Å². The molecule has 42 heavy (non-hydrogen) atoms. The Morgan fingerprint density at radius 1 is 0.976 bits per heavy atom. The van der Waals surface area contributed by atoms with Crippen molar-refractivity contribution in [3.63, 3.8) is 0 Å². The first-order chi connectivity index (χ1) is 20.0. The third kappa shape index (κ3) is 8.17. The van der Waals surface area contributed by atoms with Crippen molar-refractivity contribution >= 4 is 0 Å². The van der Waals surface area contributed by atoms with Crippen LogP contribution in [0.3, 0.4) is 0 Å². The number of alkyl halides is 5. The number of rotatable bonds is 6. The maximum absolute atomic E-state index is 13.5. The average Bonchev–Trinajstić information content (AvgIpc) is 2.94. The van der Waals surface area contributed by atoms with Crippen molar-refractivity contribution in [1.29, 1.82) is 0 Å². The van der Waals surface area contributed by atoms with Crippen molar-refractivity contribution in [2.75, 3.05) is 0 Å². The minimum atomic E-state index is -4.65. The number of halogens is 6. The van der Waals surface area contributed by atoms with E-state index in [1.54, 1.807) is 12.1 Å². The number of ether oxygens (including phenoxy) is 1. The minimum Gasteiger partial charge on any atom is -0.417 e. The zero-order valence-electron chi connectivity index (χ0n) is 22.6. The fraction of sp³-hybridized carbons (Fsp3) is 0.333. The first-order valence-corrected chi connectivity index (χ1v) is 13.3. The SMILES string of the molecule is Cc1cccc(F)c1.O=c1c(C2CCCCC2)cc(-c2cccc(OC(F)F)n2)nn1Cc1ncccc1C(F)(F)F. The lowest BCUT2D eigenvalue weighted by Crippen LogP contribution is -2.30. The second-order valence-electron chi connectivity index (χ2n) is 9.82. The molecule has 0 amide bonds. The summed E-state index contributed by atoms with van der Waals surface area (Å²) in [5.41, 5.74) is -0.112. The number of aryl methyl sites for hydroxylation is 1. The monoisotopic (exact) mass is 590 g/mol. The maximum Gasteiger partial charge on any atom is 0.418 e. The average molecular weight is 591 g/mol. The number of benzene rings is 1. The largest absolute Gasteiger partial charge is 0.418 e. The highest BCUT2D eigenvalue weighted by molar-refractivity contribution is 5.55. The molecule has 0 saturated heterocycles. The van der Waals surface area contributed by atoms with Gasteiger partial charge in [0.2, 0.25) is 5.88 Å². The van der Waals surface area contributed by atoms with E-state index in [2.05, 4.69) is 19.8 Å². The summed E-state index contributed by atoms with van der Waals surface area (Å²) in [6.45, 7) is -1.72. The van der Waals surface area contributed by atoms with E-state index < -0.39 is 30.5 Å². The second-order valence-corrected chi connectivity index (χ2v) is 9.82. The van der Waals surface area contributed by atoms with Crippen LogP contribution in [0.1, 0.15) is 60.4 Å². The van der Waals surface area contributed by atoms with Gasteiger partial charge in [0.15, 0.2) is 0 Å². The summed E-state index contributed by atoms with van der Waals surface area (Å²) < 4.78 is 83.2. The highest BCUT2D eigenvalue weighted by Gasteiger charge is 2.34. The number of hydrogen-bond donors (Lipinski definition) is 0. The smallest absolute Gasteiger partial charge is 0.417 e. The molecule has 0 unspecified atom stereocenters. The predicted octanol–water partition coefficient (Wildman–Crippen LogP) is 7.55. The molecule has 0 aliphatic heterocycles. The van der Waals surface area contributed by atoms with E-state index >= 15 is 0 Å². The Kier molecular flexibility index (Phi) is 9.97. The van der Waals surface area contributed by atoms with Crippen molar-refractivity contribution in [3.05, 3.63) is 105 Å². The van der Waals surface area contributed by atoms with Gasteiger partial charge >= 0.3 is 12.8 Å². The predicted molar refractivity (Wildman–Crippen MR) is 144 cm³/mol. The summed E-state index contributed by atoms with van der Waals surface area (Å²) in [5.74, 6) is -0.582. The molecular formula is C30H28F6N4O2. The van der Waals surface area contributed by atoms with Crippen LogP contribution in [-0.4, -0.2) is 26.4 Å². The molecule has 0 radical (unpaired) electrons. The van der Waals surface area contributed by atoms with E-state index in [1.807, 2.05) is 13.0 Å². The van der Waals surface area contributed by atoms with Crippen molar-refractivity contribution in [1.82, 2.24) is 19.7 Å². The summed E-state index contributed by atoms with van der Waals surface area (Å²) >= 11 is 0. The van der Waals surface area contributed by atoms with E-state index in [0.29, 0.717) is 5.56 Å². The van der Waals surface area contributed by atoms with E-state index in [4.69, 9.17) is 0 Å². The van der Waals surface area contributed by atoms with Crippen molar-refractivity contribution in [2.24, 2.45) is 0 Å². The van der Waals surface area contributed by atoms with Crippen molar-refractivity contribution in [3.8, 4) is 17.3 Å². The lowest BCUT2D eigenvalue weighted by Gasteiger charge is -2.22. The molecule has 1 aliphatic carbocycles. The lowest BCUT2D eigenvalue weighted by molar-refractivity contribution is -0.138. The van der Waals surface area contributed by atoms with Gasteiger partial charge in [-0.15, -0.1) is 0 Å². The number of pyridine rings is 2. The van der Waals surface area contributed by atoms with Crippen molar-refractivity contribution in [2.45, 2.75) is 64.3 Å². The zero-order valence-corrected chi connectivity index (χ0v) is 22.6. The van der Waals surface area contributed by atoms with Crippen LogP contribution >= 0.6 is 0 Å². The Morgan fingerprint density at radius 2 is 1.71 bits per heavy atom. The molecule has 222 valence electrons. The van der Waals surface area contributed by atoms with Gasteiger partial charge in [-0.25, -0.2) is 14.1 Å². The molecule has 0 spiro atoms. The molecule has 1 aliphatic rings. The van der Waals surface area contributed by atoms with Gasteiger partial charge < -0.3 is 4.74 Å². The zero-order chi connectivity index (χ0) is 30.3. The molecule has 6 nitrogen and oxygen atoms in total. The third-order valence-electron chi connectivity index (χ3n) is 6.72. The van der Waals surface area contributed by atoms with Gasteiger partial charge in [0.1, 0.15) is 11.5 Å². The van der Waals surface area contributed by atoms with Gasteiger partial charge in [0.25, 0.3) is 5.56 Å². The molecule has 12 heteroatoms. The molecule has 0 bridgehead atoms. The number of aromatic nitrogens is 4. The lowest BCUT2D eigenvalue weighted by atomic mass is 9.84. The van der Waals surface area contributed by atoms with Crippen LogP contribution in [0.4, 0.5) is 26.3 Å². The Morgan fingerprint density at radius 3 is 2.36 bits per heavy atom. The Hall–Kier alpha value is -4.22. The highest BCUT2D eigenvalue weighted by atomic mass is 19.4. The topological polar surface area (TPSA) is 69.9 Å². The first kappa shape index (κ1) is 30.7. The van der Waals surface area contributed by atoms with Crippen molar-refractivity contribution < 1.29 is 31.1 Å². The van der Waals surface area contributed by atoms with E-state index in [9.17, 15) is 31.1 Å². The molecular weight excluding hydrogens is 562 g/mol. The molecule has 0 N–H and O–H groups in total. The normalized spacial score (nSPS) is 13.9. The van der Waals surface area contributed by atoms with Crippen LogP contribution in [0.15, 0.2) is 71.7 Å². The molecule has 4 aromatic rings. The van der Waals surface area contributed by atoms with E-state index in [1.165, 1.54) is 42.6 Å². The fourth-order valence-electron chi connectivity index (χ4n) is 4.78. The van der Waals surface area contributed by atoms with Gasteiger partial charge in [0.05, 0.1) is 23.5 Å². The number of nitrogens with zero attached hydrogens (tertiary/aromatic N) is 4. The third-order valence-corrected chi connectivity index (χ3v) is 6.72. The molecule has 3 aromatic heterocycles. The Balaban J connectivity index is 0.000000437. The van der Waals surface area contributed by atoms with Gasteiger partial charge in [0, 0.05) is 17.8 Å². The highest BCUT2D eigenvalue weighted by Crippen LogP contribution is 2.33. The molecule has 5 rings (SSSR count). The van der Waals surface area contributed by atoms with Crippen LogP contribution in [0.2, 0.25) is 0 Å². The quantitative estimate of drug-likeness (QED) is 0.217. The van der Waals surface area contributed by atoms with Crippen LogP contribution in [-0.2, 0) is 12.7 Å². The van der Waals surface area contributed by atoms with Gasteiger partial charge in [-0.05, 0) is 67.6 Å². The maximum atomic E-state index is 13.5. The molecule has 3 heterocycles. The summed E-state index contributed by atoms with van der Waals surface area (Å²) in [7, 11) is 0. The van der Waals surface area contributed by atoms with Gasteiger partial charge in [-0.3, -0.25) is 9.78 Å². The standard InChI is InChI=1S/C23H21F5N4O2.C7H7F/c24-22(25)34-20-10-4-9-17(30-20)18-12-15(14-6-2-1-3-7-14)21(33)32(31-18)13-19-16(23(26,27)28)8-5-11-29-19;1-6-3-2-4-7(8)5-6/h4-5,8-12,14,22H,1-3,6-7,13H2;2-5H,1H3. The summed E-state index contributed by atoms with van der Waals surface area (Å²) in [4.78, 5) is 21.1.